The number of aromatic nitrogens is 1. The molecule has 0 radical (unpaired) electrons. The Morgan fingerprint density at radius 3 is 2.08 bits per heavy atom. The molecule has 1 aromatic carbocycles. The van der Waals surface area contributed by atoms with E-state index in [1.54, 1.807) is 27.0 Å². The van der Waals surface area contributed by atoms with Gasteiger partial charge >= 0.3 is 12.1 Å². The standard InChI is InChI=1S/C29H44N4O6/c1-9-17(3)23(26(35)33-24(18(4)10-2)27(36)38-8)32-25(34)22(31-28(37)39-29(5,6)7)15-19-16-30-21-14-12-11-13-20(19)21/h11-14,16-18,22-24,30H,9-10,15H2,1-8H3,(H,31,37)(H,32,34)(H,33,35)/t17-,18-,22-,23-,24-/m0/s1. The van der Waals surface area contributed by atoms with Gasteiger partial charge in [-0.3, -0.25) is 9.59 Å². The van der Waals surface area contributed by atoms with Crippen molar-refractivity contribution < 1.29 is 28.7 Å². The van der Waals surface area contributed by atoms with E-state index >= 15 is 0 Å². The van der Waals surface area contributed by atoms with Gasteiger partial charge in [0.2, 0.25) is 11.8 Å². The summed E-state index contributed by atoms with van der Waals surface area (Å²) in [4.78, 5) is 55.3. The molecule has 0 saturated carbocycles. The highest BCUT2D eigenvalue weighted by Crippen LogP contribution is 2.20. The van der Waals surface area contributed by atoms with Crippen molar-refractivity contribution in [3.8, 4) is 0 Å². The highest BCUT2D eigenvalue weighted by Gasteiger charge is 2.34. The van der Waals surface area contributed by atoms with Crippen LogP contribution in [0.25, 0.3) is 10.9 Å². The molecule has 0 bridgehead atoms. The molecule has 2 rings (SSSR count). The number of hydrogen-bond acceptors (Lipinski definition) is 6. The fourth-order valence-electron chi connectivity index (χ4n) is 4.17. The number of benzene rings is 1. The second-order valence-corrected chi connectivity index (χ2v) is 11.0. The molecule has 0 saturated heterocycles. The predicted molar refractivity (Wildman–Crippen MR) is 150 cm³/mol. The molecular weight excluding hydrogens is 500 g/mol. The lowest BCUT2D eigenvalue weighted by Gasteiger charge is -2.29. The lowest BCUT2D eigenvalue weighted by molar-refractivity contribution is -0.147. The second-order valence-electron chi connectivity index (χ2n) is 11.0. The lowest BCUT2D eigenvalue weighted by Crippen LogP contribution is -2.59. The molecular formula is C29H44N4O6. The van der Waals surface area contributed by atoms with Gasteiger partial charge in [0.25, 0.3) is 0 Å². The topological polar surface area (TPSA) is 139 Å². The molecule has 1 heterocycles. The maximum absolute atomic E-state index is 13.6. The third-order valence-electron chi connectivity index (χ3n) is 6.87. The Bertz CT molecular complexity index is 1140. The van der Waals surface area contributed by atoms with Crippen LogP contribution in [-0.4, -0.2) is 59.7 Å². The first-order chi connectivity index (χ1) is 18.3. The van der Waals surface area contributed by atoms with E-state index in [1.165, 1.54) is 7.11 Å². The van der Waals surface area contributed by atoms with Crippen LogP contribution in [0.1, 0.15) is 66.9 Å². The summed E-state index contributed by atoms with van der Waals surface area (Å²) < 4.78 is 10.3. The van der Waals surface area contributed by atoms with Crippen molar-refractivity contribution >= 4 is 34.8 Å². The molecule has 0 unspecified atom stereocenters. The molecule has 3 amide bonds. The van der Waals surface area contributed by atoms with Gasteiger partial charge < -0.3 is 30.4 Å². The van der Waals surface area contributed by atoms with Crippen LogP contribution in [0.5, 0.6) is 0 Å². The van der Waals surface area contributed by atoms with E-state index in [1.807, 2.05) is 52.0 Å². The zero-order valence-corrected chi connectivity index (χ0v) is 24.3. The second kappa shape index (κ2) is 14.0. The van der Waals surface area contributed by atoms with Gasteiger partial charge in [-0.15, -0.1) is 0 Å². The minimum atomic E-state index is -1.02. The molecule has 0 aliphatic rings. The van der Waals surface area contributed by atoms with Gasteiger partial charge in [-0.2, -0.15) is 0 Å². The van der Waals surface area contributed by atoms with Crippen LogP contribution in [0, 0.1) is 11.8 Å². The maximum Gasteiger partial charge on any atom is 0.408 e. The van der Waals surface area contributed by atoms with Gasteiger partial charge in [0.05, 0.1) is 7.11 Å². The first kappa shape index (κ1) is 31.7. The third kappa shape index (κ3) is 9.01. The van der Waals surface area contributed by atoms with Gasteiger partial charge in [0, 0.05) is 23.5 Å². The number of aromatic amines is 1. The van der Waals surface area contributed by atoms with Gasteiger partial charge in [0.15, 0.2) is 0 Å². The number of esters is 1. The Labute approximate surface area is 231 Å². The number of nitrogens with one attached hydrogen (secondary N) is 4. The molecule has 0 aliphatic carbocycles. The van der Waals surface area contributed by atoms with Crippen molar-refractivity contribution in [3.05, 3.63) is 36.0 Å². The molecule has 39 heavy (non-hydrogen) atoms. The van der Waals surface area contributed by atoms with Crippen molar-refractivity contribution in [2.24, 2.45) is 11.8 Å². The summed E-state index contributed by atoms with van der Waals surface area (Å²) in [6.45, 7) is 12.7. The minimum absolute atomic E-state index is 0.168. The molecule has 10 nitrogen and oxygen atoms in total. The number of methoxy groups -OCH3 is 1. The van der Waals surface area contributed by atoms with E-state index in [-0.39, 0.29) is 18.3 Å². The first-order valence-corrected chi connectivity index (χ1v) is 13.5. The Morgan fingerprint density at radius 2 is 1.49 bits per heavy atom. The van der Waals surface area contributed by atoms with Gasteiger partial charge in [0.1, 0.15) is 23.7 Å². The summed E-state index contributed by atoms with van der Waals surface area (Å²) in [6.07, 6.45) is 2.47. The Morgan fingerprint density at radius 1 is 0.897 bits per heavy atom. The monoisotopic (exact) mass is 544 g/mol. The number of amides is 3. The smallest absolute Gasteiger partial charge is 0.408 e. The van der Waals surface area contributed by atoms with Crippen LogP contribution in [-0.2, 0) is 30.3 Å². The fraction of sp³-hybridized carbons (Fsp3) is 0.586. The number of fused-ring (bicyclic) bond motifs is 1. The molecule has 4 N–H and O–H groups in total. The average molecular weight is 545 g/mol. The molecule has 10 heteroatoms. The van der Waals surface area contributed by atoms with Crippen molar-refractivity contribution in [2.45, 2.75) is 91.5 Å². The van der Waals surface area contributed by atoms with Gasteiger partial charge in [-0.05, 0) is 44.2 Å². The van der Waals surface area contributed by atoms with Crippen LogP contribution in [0.2, 0.25) is 0 Å². The summed E-state index contributed by atoms with van der Waals surface area (Å²) in [5.74, 6) is -1.99. The third-order valence-corrected chi connectivity index (χ3v) is 6.87. The van der Waals surface area contributed by atoms with E-state index < -0.39 is 47.6 Å². The molecule has 0 fully saturated rings. The number of carbonyl (C=O) groups excluding carboxylic acids is 4. The Hall–Kier alpha value is -3.56. The van der Waals surface area contributed by atoms with Crippen molar-refractivity contribution in [3.63, 3.8) is 0 Å². The maximum atomic E-state index is 13.6. The van der Waals surface area contributed by atoms with E-state index in [0.717, 1.165) is 16.5 Å². The summed E-state index contributed by atoms with van der Waals surface area (Å²) >= 11 is 0. The first-order valence-electron chi connectivity index (χ1n) is 13.5. The number of rotatable bonds is 12. The number of hydrogen-bond donors (Lipinski definition) is 4. The SMILES string of the molecule is CC[C@H](C)[C@H](NC(=O)[C@H](Cc1c[nH]c2ccccc12)NC(=O)OC(C)(C)C)C(=O)N[C@H](C(=O)OC)[C@@H](C)CC. The van der Waals surface area contributed by atoms with Crippen molar-refractivity contribution in [1.82, 2.24) is 20.9 Å². The van der Waals surface area contributed by atoms with E-state index in [4.69, 9.17) is 9.47 Å². The summed E-state index contributed by atoms with van der Waals surface area (Å²) in [5.41, 5.74) is 0.970. The van der Waals surface area contributed by atoms with Crippen LogP contribution < -0.4 is 16.0 Å². The Kier molecular flexibility index (Phi) is 11.4. The zero-order chi connectivity index (χ0) is 29.3. The highest BCUT2D eigenvalue weighted by molar-refractivity contribution is 5.94. The Balaban J connectivity index is 2.33. The van der Waals surface area contributed by atoms with Crippen molar-refractivity contribution in [2.75, 3.05) is 7.11 Å². The average Bonchev–Trinajstić information content (AvgIpc) is 3.29. The molecule has 216 valence electrons. The molecule has 0 aliphatic heterocycles. The fourth-order valence-corrected chi connectivity index (χ4v) is 4.17. The van der Waals surface area contributed by atoms with Gasteiger partial charge in [-0.25, -0.2) is 9.59 Å². The van der Waals surface area contributed by atoms with Crippen LogP contribution in [0.4, 0.5) is 4.79 Å². The number of alkyl carbamates (subject to hydrolysis) is 1. The largest absolute Gasteiger partial charge is 0.467 e. The van der Waals surface area contributed by atoms with E-state index in [0.29, 0.717) is 12.8 Å². The molecule has 2 aromatic rings. The van der Waals surface area contributed by atoms with Crippen LogP contribution in [0.3, 0.4) is 0 Å². The predicted octanol–water partition coefficient (Wildman–Crippen LogP) is 3.84. The molecule has 1 aromatic heterocycles. The number of ether oxygens (including phenoxy) is 2. The van der Waals surface area contributed by atoms with Crippen molar-refractivity contribution in [1.29, 1.82) is 0 Å². The molecule has 5 atom stereocenters. The number of carbonyl (C=O) groups is 4. The van der Waals surface area contributed by atoms with Crippen LogP contribution in [0.15, 0.2) is 30.5 Å². The summed E-state index contributed by atoms with van der Waals surface area (Å²) in [6, 6.07) is 4.84. The number of para-hydroxylation sites is 1. The van der Waals surface area contributed by atoms with E-state index in [9.17, 15) is 19.2 Å². The summed E-state index contributed by atoms with van der Waals surface area (Å²) in [7, 11) is 1.27. The lowest BCUT2D eigenvalue weighted by atomic mass is 9.94. The minimum Gasteiger partial charge on any atom is -0.467 e. The van der Waals surface area contributed by atoms with E-state index in [2.05, 4.69) is 20.9 Å². The quantitative estimate of drug-likeness (QED) is 0.300. The van der Waals surface area contributed by atoms with Gasteiger partial charge in [-0.1, -0.05) is 58.7 Å². The normalized spacial score (nSPS) is 15.4. The molecule has 0 spiro atoms. The van der Waals surface area contributed by atoms with Crippen LogP contribution >= 0.6 is 0 Å². The highest BCUT2D eigenvalue weighted by atomic mass is 16.6. The zero-order valence-electron chi connectivity index (χ0n) is 24.3. The number of H-pyrrole nitrogens is 1. The summed E-state index contributed by atoms with van der Waals surface area (Å²) in [5, 5.41) is 9.21.